The molecule has 2 aromatic rings. The van der Waals surface area contributed by atoms with Crippen LogP contribution in [0.4, 0.5) is 9.18 Å². The third-order valence-corrected chi connectivity index (χ3v) is 3.05. The highest BCUT2D eigenvalue weighted by Crippen LogP contribution is 2.15. The molecule has 1 amide bonds. The number of ether oxygens (including phenoxy) is 2. The lowest BCUT2D eigenvalue weighted by molar-refractivity contribution is 0.150. The van der Waals surface area contributed by atoms with Crippen LogP contribution in [0.25, 0.3) is 0 Å². The maximum absolute atomic E-state index is 13.1. The Kier molecular flexibility index (Phi) is 5.77. The van der Waals surface area contributed by atoms with Crippen molar-refractivity contribution in [3.05, 3.63) is 65.5 Å². The molecule has 116 valence electrons. The van der Waals surface area contributed by atoms with Gasteiger partial charge < -0.3 is 14.8 Å². The van der Waals surface area contributed by atoms with Gasteiger partial charge >= 0.3 is 6.09 Å². The van der Waals surface area contributed by atoms with E-state index in [1.807, 2.05) is 30.3 Å². The quantitative estimate of drug-likeness (QED) is 0.890. The molecule has 0 saturated heterocycles. The number of alkyl carbamates (subject to hydrolysis) is 1. The largest absolute Gasteiger partial charge is 0.489 e. The summed E-state index contributed by atoms with van der Waals surface area (Å²) in [6, 6.07) is 13.8. The van der Waals surface area contributed by atoms with Crippen molar-refractivity contribution in [2.24, 2.45) is 0 Å². The van der Waals surface area contributed by atoms with Crippen molar-refractivity contribution in [1.82, 2.24) is 5.32 Å². The molecule has 0 unspecified atom stereocenters. The molecule has 0 spiro atoms. The van der Waals surface area contributed by atoms with Gasteiger partial charge in [-0.15, -0.1) is 0 Å². The van der Waals surface area contributed by atoms with Crippen LogP contribution in [0.5, 0.6) is 5.75 Å². The average Bonchev–Trinajstić information content (AvgIpc) is 2.54. The van der Waals surface area contributed by atoms with Crippen LogP contribution in [0, 0.1) is 5.82 Å². The van der Waals surface area contributed by atoms with Crippen molar-refractivity contribution in [3.63, 3.8) is 0 Å². The van der Waals surface area contributed by atoms with E-state index in [1.165, 1.54) is 19.2 Å². The van der Waals surface area contributed by atoms with Gasteiger partial charge in [-0.1, -0.05) is 24.3 Å². The number of nitrogens with one attached hydrogen (secondary N) is 1. The Labute approximate surface area is 128 Å². The fourth-order valence-electron chi connectivity index (χ4n) is 1.88. The minimum atomic E-state index is -0.435. The summed E-state index contributed by atoms with van der Waals surface area (Å²) < 4.78 is 23.6. The maximum atomic E-state index is 13.1. The van der Waals surface area contributed by atoms with Crippen molar-refractivity contribution in [1.29, 1.82) is 0 Å². The molecule has 2 rings (SSSR count). The van der Waals surface area contributed by atoms with Gasteiger partial charge in [0.05, 0.1) is 6.61 Å². The third kappa shape index (κ3) is 5.09. The monoisotopic (exact) mass is 303 g/mol. The van der Waals surface area contributed by atoms with Gasteiger partial charge in [0.25, 0.3) is 0 Å². The summed E-state index contributed by atoms with van der Waals surface area (Å²) in [5.74, 6) is 0.438. The van der Waals surface area contributed by atoms with Crippen molar-refractivity contribution in [3.8, 4) is 5.75 Å². The molecule has 1 N–H and O–H groups in total. The van der Waals surface area contributed by atoms with Gasteiger partial charge in [0, 0.05) is 13.5 Å². The number of benzene rings is 2. The number of halogens is 1. The number of rotatable bonds is 6. The summed E-state index contributed by atoms with van der Waals surface area (Å²) in [6.07, 6.45) is 0.201. The van der Waals surface area contributed by atoms with Gasteiger partial charge in [0.1, 0.15) is 18.2 Å². The molecule has 0 bridgehead atoms. The Morgan fingerprint density at radius 3 is 2.59 bits per heavy atom. The second kappa shape index (κ2) is 8.02. The van der Waals surface area contributed by atoms with E-state index in [0.29, 0.717) is 25.4 Å². The summed E-state index contributed by atoms with van der Waals surface area (Å²) in [7, 11) is 1.52. The summed E-state index contributed by atoms with van der Waals surface area (Å²) >= 11 is 0. The molecule has 0 aliphatic rings. The lowest BCUT2D eigenvalue weighted by Crippen LogP contribution is -2.20. The normalized spacial score (nSPS) is 10.1. The zero-order chi connectivity index (χ0) is 15.8. The zero-order valence-electron chi connectivity index (χ0n) is 12.3. The Morgan fingerprint density at radius 1 is 1.14 bits per heavy atom. The summed E-state index contributed by atoms with van der Waals surface area (Å²) in [5, 5.41) is 2.39. The van der Waals surface area contributed by atoms with Crippen molar-refractivity contribution in [2.75, 3.05) is 13.7 Å². The highest BCUT2D eigenvalue weighted by molar-refractivity contribution is 5.66. The number of hydrogen-bond acceptors (Lipinski definition) is 3. The first kappa shape index (κ1) is 15.8. The second-order valence-electron chi connectivity index (χ2n) is 4.70. The summed E-state index contributed by atoms with van der Waals surface area (Å²) in [4.78, 5) is 10.9. The Balaban J connectivity index is 1.80. The topological polar surface area (TPSA) is 47.6 Å². The predicted octanol–water partition coefficient (Wildman–Crippen LogP) is 3.30. The number of hydrogen-bond donors (Lipinski definition) is 1. The van der Waals surface area contributed by atoms with Crippen LogP contribution in [0.3, 0.4) is 0 Å². The first-order valence-corrected chi connectivity index (χ1v) is 6.98. The second-order valence-corrected chi connectivity index (χ2v) is 4.70. The van der Waals surface area contributed by atoms with E-state index < -0.39 is 6.09 Å². The van der Waals surface area contributed by atoms with Crippen LogP contribution in [0.15, 0.2) is 48.5 Å². The molecule has 0 saturated carbocycles. The van der Waals surface area contributed by atoms with Crippen molar-refractivity contribution >= 4 is 6.09 Å². The molecule has 4 nitrogen and oxygen atoms in total. The molecule has 0 radical (unpaired) electrons. The van der Waals surface area contributed by atoms with E-state index >= 15 is 0 Å². The lowest BCUT2D eigenvalue weighted by Gasteiger charge is -2.08. The molecule has 0 heterocycles. The molecule has 0 fully saturated rings. The number of carbonyl (C=O) groups is 1. The van der Waals surface area contributed by atoms with E-state index in [0.717, 1.165) is 11.1 Å². The zero-order valence-corrected chi connectivity index (χ0v) is 12.3. The van der Waals surface area contributed by atoms with Crippen LogP contribution in [-0.2, 0) is 17.8 Å². The smallest absolute Gasteiger partial charge is 0.406 e. The molecular weight excluding hydrogens is 285 g/mol. The summed E-state index contributed by atoms with van der Waals surface area (Å²) in [6.45, 7) is 0.639. The van der Waals surface area contributed by atoms with Gasteiger partial charge in [-0.25, -0.2) is 9.18 Å². The van der Waals surface area contributed by atoms with E-state index in [-0.39, 0.29) is 5.82 Å². The SMILES string of the molecule is CNC(=O)OCCc1ccc(OCc2cccc(F)c2)cc1. The Bertz CT molecular complexity index is 614. The minimum absolute atomic E-state index is 0.271. The Morgan fingerprint density at radius 2 is 1.91 bits per heavy atom. The first-order valence-electron chi connectivity index (χ1n) is 6.98. The standard InChI is InChI=1S/C17H18FNO3/c1-19-17(20)21-10-9-13-5-7-16(8-6-13)22-12-14-3-2-4-15(18)11-14/h2-8,11H,9-10,12H2,1H3,(H,19,20). The van der Waals surface area contributed by atoms with Crippen LogP contribution < -0.4 is 10.1 Å². The lowest BCUT2D eigenvalue weighted by atomic mass is 10.1. The third-order valence-electron chi connectivity index (χ3n) is 3.05. The number of amides is 1. The van der Waals surface area contributed by atoms with Crippen molar-refractivity contribution in [2.45, 2.75) is 13.0 Å². The minimum Gasteiger partial charge on any atom is -0.489 e. The highest BCUT2D eigenvalue weighted by Gasteiger charge is 2.01. The first-order chi connectivity index (χ1) is 10.7. The van der Waals surface area contributed by atoms with Crippen LogP contribution in [0.2, 0.25) is 0 Å². The maximum Gasteiger partial charge on any atom is 0.406 e. The van der Waals surface area contributed by atoms with Gasteiger partial charge in [-0.2, -0.15) is 0 Å². The fourth-order valence-corrected chi connectivity index (χ4v) is 1.88. The van der Waals surface area contributed by atoms with Crippen LogP contribution >= 0.6 is 0 Å². The fraction of sp³-hybridized carbons (Fsp3) is 0.235. The van der Waals surface area contributed by atoms with Gasteiger partial charge in [0.15, 0.2) is 0 Å². The molecule has 22 heavy (non-hydrogen) atoms. The predicted molar refractivity (Wildman–Crippen MR) is 81.3 cm³/mol. The molecule has 0 aliphatic heterocycles. The Hall–Kier alpha value is -2.56. The molecule has 0 aliphatic carbocycles. The molecule has 0 aromatic heterocycles. The van der Waals surface area contributed by atoms with Gasteiger partial charge in [-0.05, 0) is 35.4 Å². The highest BCUT2D eigenvalue weighted by atomic mass is 19.1. The van der Waals surface area contributed by atoms with Crippen LogP contribution in [-0.4, -0.2) is 19.7 Å². The summed E-state index contributed by atoms with van der Waals surface area (Å²) in [5.41, 5.74) is 1.82. The molecule has 2 aromatic carbocycles. The number of carbonyl (C=O) groups excluding carboxylic acids is 1. The van der Waals surface area contributed by atoms with Gasteiger partial charge in [0.2, 0.25) is 0 Å². The van der Waals surface area contributed by atoms with E-state index in [9.17, 15) is 9.18 Å². The van der Waals surface area contributed by atoms with Crippen LogP contribution in [0.1, 0.15) is 11.1 Å². The van der Waals surface area contributed by atoms with E-state index in [4.69, 9.17) is 9.47 Å². The van der Waals surface area contributed by atoms with E-state index in [1.54, 1.807) is 6.07 Å². The molecule has 0 atom stereocenters. The van der Waals surface area contributed by atoms with E-state index in [2.05, 4.69) is 5.32 Å². The molecule has 5 heteroatoms. The average molecular weight is 303 g/mol. The molecular formula is C17H18FNO3. The van der Waals surface area contributed by atoms with Crippen molar-refractivity contribution < 1.29 is 18.7 Å². The van der Waals surface area contributed by atoms with Gasteiger partial charge in [-0.3, -0.25) is 0 Å².